The molecule has 4 nitrogen and oxygen atoms in total. The van der Waals surface area contributed by atoms with Gasteiger partial charge in [0.25, 0.3) is 5.91 Å². The molecule has 1 N–H and O–H groups in total. The number of thiophene rings is 1. The average molecular weight is 357 g/mol. The molecule has 0 aliphatic rings. The SMILES string of the molecule is Cc1nc2ccc(NC(=O)c3cnc(-c4cccs4)s3)cc2s1. The second-order valence-corrected chi connectivity index (χ2v) is 8.09. The molecule has 0 fully saturated rings. The van der Waals surface area contributed by atoms with E-state index >= 15 is 0 Å². The minimum Gasteiger partial charge on any atom is -0.321 e. The zero-order valence-electron chi connectivity index (χ0n) is 12.1. The Kier molecular flexibility index (Phi) is 3.68. The highest BCUT2D eigenvalue weighted by Gasteiger charge is 2.13. The number of carbonyl (C=O) groups is 1. The first-order valence-electron chi connectivity index (χ1n) is 6.87. The molecule has 0 bridgehead atoms. The maximum absolute atomic E-state index is 12.4. The Balaban J connectivity index is 1.56. The largest absolute Gasteiger partial charge is 0.321 e. The van der Waals surface area contributed by atoms with Gasteiger partial charge in [-0.05, 0) is 36.6 Å². The van der Waals surface area contributed by atoms with E-state index in [9.17, 15) is 4.79 Å². The van der Waals surface area contributed by atoms with E-state index in [1.807, 2.05) is 42.6 Å². The van der Waals surface area contributed by atoms with E-state index in [0.29, 0.717) is 4.88 Å². The zero-order valence-corrected chi connectivity index (χ0v) is 14.5. The molecule has 0 spiro atoms. The van der Waals surface area contributed by atoms with Gasteiger partial charge in [-0.3, -0.25) is 4.79 Å². The van der Waals surface area contributed by atoms with Crippen molar-refractivity contribution in [3.05, 3.63) is 51.8 Å². The number of thiazole rings is 2. The zero-order chi connectivity index (χ0) is 15.8. The van der Waals surface area contributed by atoms with Gasteiger partial charge in [-0.2, -0.15) is 0 Å². The first kappa shape index (κ1) is 14.5. The number of benzene rings is 1. The fourth-order valence-corrected chi connectivity index (χ4v) is 4.69. The van der Waals surface area contributed by atoms with Crippen molar-refractivity contribution in [2.75, 3.05) is 5.32 Å². The van der Waals surface area contributed by atoms with Crippen LogP contribution in [0.3, 0.4) is 0 Å². The van der Waals surface area contributed by atoms with Crippen LogP contribution < -0.4 is 5.32 Å². The molecule has 23 heavy (non-hydrogen) atoms. The number of nitrogens with zero attached hydrogens (tertiary/aromatic N) is 2. The van der Waals surface area contributed by atoms with E-state index in [0.717, 1.165) is 30.8 Å². The molecular weight excluding hydrogens is 346 g/mol. The molecule has 7 heteroatoms. The van der Waals surface area contributed by atoms with E-state index in [1.54, 1.807) is 28.9 Å². The second-order valence-electron chi connectivity index (χ2n) is 4.88. The number of hydrogen-bond donors (Lipinski definition) is 1. The number of amides is 1. The Labute approximate surface area is 144 Å². The summed E-state index contributed by atoms with van der Waals surface area (Å²) in [6.07, 6.45) is 1.63. The molecule has 4 aromatic rings. The minimum absolute atomic E-state index is 0.133. The highest BCUT2D eigenvalue weighted by molar-refractivity contribution is 7.22. The van der Waals surface area contributed by atoms with Gasteiger partial charge in [0.2, 0.25) is 0 Å². The van der Waals surface area contributed by atoms with Crippen molar-refractivity contribution in [3.8, 4) is 9.88 Å². The summed E-state index contributed by atoms with van der Waals surface area (Å²) in [6.45, 7) is 1.98. The van der Waals surface area contributed by atoms with E-state index in [-0.39, 0.29) is 5.91 Å². The van der Waals surface area contributed by atoms with Crippen molar-refractivity contribution in [1.29, 1.82) is 0 Å². The van der Waals surface area contributed by atoms with E-state index < -0.39 is 0 Å². The number of hydrogen-bond acceptors (Lipinski definition) is 6. The second kappa shape index (κ2) is 5.84. The molecule has 0 saturated carbocycles. The van der Waals surface area contributed by atoms with Crippen LogP contribution in [0.2, 0.25) is 0 Å². The van der Waals surface area contributed by atoms with Crippen LogP contribution in [0.25, 0.3) is 20.1 Å². The minimum atomic E-state index is -0.133. The third-order valence-corrected chi connectivity index (χ3v) is 6.18. The summed E-state index contributed by atoms with van der Waals surface area (Å²) in [4.78, 5) is 22.8. The number of aromatic nitrogens is 2. The Hall–Kier alpha value is -2.09. The standard InChI is InChI=1S/C16H11N3OS3/c1-9-18-11-5-4-10(7-13(11)22-9)19-15(20)14-8-17-16(23-14)12-3-2-6-21-12/h2-8H,1H3,(H,19,20). The summed E-state index contributed by atoms with van der Waals surface area (Å²) in [5.41, 5.74) is 1.74. The number of anilines is 1. The van der Waals surface area contributed by atoms with Crippen LogP contribution in [0.15, 0.2) is 41.9 Å². The first-order chi connectivity index (χ1) is 11.2. The van der Waals surface area contributed by atoms with Crippen LogP contribution >= 0.6 is 34.0 Å². The van der Waals surface area contributed by atoms with Gasteiger partial charge >= 0.3 is 0 Å². The maximum Gasteiger partial charge on any atom is 0.267 e. The van der Waals surface area contributed by atoms with E-state index in [2.05, 4.69) is 15.3 Å². The van der Waals surface area contributed by atoms with E-state index in [4.69, 9.17) is 0 Å². The van der Waals surface area contributed by atoms with Crippen molar-refractivity contribution in [2.24, 2.45) is 0 Å². The van der Waals surface area contributed by atoms with Crippen LogP contribution in [-0.2, 0) is 0 Å². The third-order valence-electron chi connectivity index (χ3n) is 3.21. The fraction of sp³-hybridized carbons (Fsp3) is 0.0625. The van der Waals surface area contributed by atoms with Gasteiger partial charge in [0.05, 0.1) is 26.3 Å². The van der Waals surface area contributed by atoms with Crippen molar-refractivity contribution >= 4 is 55.8 Å². The lowest BCUT2D eigenvalue weighted by Gasteiger charge is -2.02. The molecule has 0 unspecified atom stereocenters. The summed E-state index contributed by atoms with van der Waals surface area (Å²) in [6, 6.07) is 9.75. The molecular formula is C16H11N3OS3. The van der Waals surface area contributed by atoms with Gasteiger partial charge in [0.15, 0.2) is 0 Å². The van der Waals surface area contributed by atoms with Crippen molar-refractivity contribution < 1.29 is 4.79 Å². The number of nitrogens with one attached hydrogen (secondary N) is 1. The lowest BCUT2D eigenvalue weighted by molar-refractivity contribution is 0.103. The van der Waals surface area contributed by atoms with Gasteiger partial charge in [-0.25, -0.2) is 9.97 Å². The molecule has 114 valence electrons. The van der Waals surface area contributed by atoms with E-state index in [1.165, 1.54) is 11.3 Å². The Morgan fingerprint density at radius 3 is 2.96 bits per heavy atom. The molecule has 0 atom stereocenters. The number of rotatable bonds is 3. The first-order valence-corrected chi connectivity index (χ1v) is 9.38. The van der Waals surface area contributed by atoms with Crippen LogP contribution in [0.5, 0.6) is 0 Å². The molecule has 4 rings (SSSR count). The van der Waals surface area contributed by atoms with Crippen LogP contribution in [0, 0.1) is 6.92 Å². The predicted molar refractivity (Wildman–Crippen MR) is 97.7 cm³/mol. The quantitative estimate of drug-likeness (QED) is 0.559. The van der Waals surface area contributed by atoms with Crippen molar-refractivity contribution in [2.45, 2.75) is 6.92 Å². The van der Waals surface area contributed by atoms with Crippen molar-refractivity contribution in [1.82, 2.24) is 9.97 Å². The topological polar surface area (TPSA) is 54.9 Å². The Morgan fingerprint density at radius 2 is 2.13 bits per heavy atom. The van der Waals surface area contributed by atoms with Gasteiger partial charge < -0.3 is 5.32 Å². The monoisotopic (exact) mass is 357 g/mol. The number of aryl methyl sites for hydroxylation is 1. The normalized spacial score (nSPS) is 11.0. The van der Waals surface area contributed by atoms with Gasteiger partial charge in [0, 0.05) is 5.69 Å². The Bertz CT molecular complexity index is 985. The lowest BCUT2D eigenvalue weighted by atomic mass is 10.3. The lowest BCUT2D eigenvalue weighted by Crippen LogP contribution is -2.09. The third kappa shape index (κ3) is 2.90. The fourth-order valence-electron chi connectivity index (χ4n) is 2.20. The molecule has 3 aromatic heterocycles. The molecule has 1 amide bonds. The molecule has 3 heterocycles. The Morgan fingerprint density at radius 1 is 1.22 bits per heavy atom. The van der Waals surface area contributed by atoms with Gasteiger partial charge in [-0.15, -0.1) is 34.0 Å². The van der Waals surface area contributed by atoms with Crippen LogP contribution in [0.4, 0.5) is 5.69 Å². The molecule has 0 saturated heterocycles. The molecule has 0 aliphatic heterocycles. The molecule has 1 aromatic carbocycles. The molecule has 0 radical (unpaired) electrons. The molecule has 0 aliphatic carbocycles. The highest BCUT2D eigenvalue weighted by Crippen LogP contribution is 2.30. The summed E-state index contributed by atoms with van der Waals surface area (Å²) >= 11 is 4.64. The maximum atomic E-state index is 12.4. The smallest absolute Gasteiger partial charge is 0.267 e. The summed E-state index contributed by atoms with van der Waals surface area (Å²) in [7, 11) is 0. The highest BCUT2D eigenvalue weighted by atomic mass is 32.1. The van der Waals surface area contributed by atoms with Crippen LogP contribution in [-0.4, -0.2) is 15.9 Å². The average Bonchev–Trinajstić information content (AvgIpc) is 3.26. The number of fused-ring (bicyclic) bond motifs is 1. The predicted octanol–water partition coefficient (Wildman–Crippen LogP) is 5.04. The van der Waals surface area contributed by atoms with Gasteiger partial charge in [0.1, 0.15) is 9.88 Å². The number of carbonyl (C=O) groups excluding carboxylic acids is 1. The summed E-state index contributed by atoms with van der Waals surface area (Å²) < 4.78 is 1.07. The summed E-state index contributed by atoms with van der Waals surface area (Å²) in [5.74, 6) is -0.133. The van der Waals surface area contributed by atoms with Crippen molar-refractivity contribution in [3.63, 3.8) is 0 Å². The van der Waals surface area contributed by atoms with Gasteiger partial charge in [-0.1, -0.05) is 6.07 Å². The van der Waals surface area contributed by atoms with Crippen LogP contribution in [0.1, 0.15) is 14.7 Å². The summed E-state index contributed by atoms with van der Waals surface area (Å²) in [5, 5.41) is 6.83.